The monoisotopic (exact) mass is 294 g/mol. The van der Waals surface area contributed by atoms with E-state index in [1.165, 1.54) is 0 Å². The lowest BCUT2D eigenvalue weighted by atomic mass is 9.95. The van der Waals surface area contributed by atoms with Gasteiger partial charge in [0, 0.05) is 17.7 Å². The Morgan fingerprint density at radius 2 is 1.91 bits per heavy atom. The molecule has 0 aromatic heterocycles. The van der Waals surface area contributed by atoms with Crippen LogP contribution in [0.3, 0.4) is 0 Å². The number of carbonyl (C=O) groups excluding carboxylic acids is 2. The van der Waals surface area contributed by atoms with Crippen LogP contribution in [0.1, 0.15) is 27.0 Å². The smallest absolute Gasteiger partial charge is 0.252 e. The molecule has 1 aliphatic heterocycles. The molecule has 22 heavy (non-hydrogen) atoms. The maximum absolute atomic E-state index is 12.5. The molecule has 0 saturated heterocycles. The Labute approximate surface area is 129 Å². The number of carbonyl (C=O) groups is 2. The molecule has 0 saturated carbocycles. The lowest BCUT2D eigenvalue weighted by molar-refractivity contribution is -0.118. The molecular weight excluding hydrogens is 276 g/mol. The second kappa shape index (κ2) is 5.64. The number of nitrogens with one attached hydrogen (secondary N) is 2. The fourth-order valence-electron chi connectivity index (χ4n) is 2.69. The van der Waals surface area contributed by atoms with Crippen molar-refractivity contribution in [2.24, 2.45) is 0 Å². The molecule has 2 amide bonds. The van der Waals surface area contributed by atoms with Gasteiger partial charge in [0.2, 0.25) is 5.91 Å². The van der Waals surface area contributed by atoms with E-state index in [0.29, 0.717) is 12.0 Å². The molecule has 112 valence electrons. The molecule has 4 heteroatoms. The topological polar surface area (TPSA) is 58.2 Å². The molecule has 1 unspecified atom stereocenters. The van der Waals surface area contributed by atoms with Crippen molar-refractivity contribution in [3.8, 4) is 0 Å². The molecule has 1 aliphatic rings. The lowest BCUT2D eigenvalue weighted by Gasteiger charge is -2.25. The van der Waals surface area contributed by atoms with Crippen molar-refractivity contribution in [1.29, 1.82) is 0 Å². The molecular formula is C18H18N2O2. The standard InChI is InChI=1S/C18H18N2O2/c1-11-6-5-9-15(12(11)2)19-18(22)16-10-13-7-3-4-8-14(13)17(21)20-16/h3-9,16H,10H2,1-2H3,(H,19,22)(H,20,21). The fraction of sp³-hybridized carbons (Fsp3) is 0.222. The predicted octanol–water partition coefficient (Wildman–Crippen LogP) is 2.60. The van der Waals surface area contributed by atoms with Gasteiger partial charge in [0.1, 0.15) is 6.04 Å². The Bertz CT molecular complexity index is 753. The number of hydrogen-bond donors (Lipinski definition) is 2. The molecule has 0 aliphatic carbocycles. The minimum absolute atomic E-state index is 0.184. The Kier molecular flexibility index (Phi) is 3.67. The van der Waals surface area contributed by atoms with Gasteiger partial charge in [0.25, 0.3) is 5.91 Å². The zero-order chi connectivity index (χ0) is 15.7. The van der Waals surface area contributed by atoms with E-state index >= 15 is 0 Å². The summed E-state index contributed by atoms with van der Waals surface area (Å²) in [5.74, 6) is -0.375. The van der Waals surface area contributed by atoms with E-state index in [2.05, 4.69) is 10.6 Å². The fourth-order valence-corrected chi connectivity index (χ4v) is 2.69. The molecule has 1 heterocycles. The van der Waals surface area contributed by atoms with Crippen LogP contribution in [-0.2, 0) is 11.2 Å². The molecule has 0 radical (unpaired) electrons. The number of rotatable bonds is 2. The van der Waals surface area contributed by atoms with Crippen molar-refractivity contribution in [3.63, 3.8) is 0 Å². The molecule has 2 aromatic carbocycles. The first-order valence-corrected chi connectivity index (χ1v) is 7.32. The normalized spacial score (nSPS) is 16.6. The summed E-state index contributed by atoms with van der Waals surface area (Å²) in [5.41, 5.74) is 4.51. The maximum Gasteiger partial charge on any atom is 0.252 e. The molecule has 0 spiro atoms. The van der Waals surface area contributed by atoms with E-state index < -0.39 is 6.04 Å². The van der Waals surface area contributed by atoms with E-state index in [4.69, 9.17) is 0 Å². The first-order chi connectivity index (χ1) is 10.6. The number of anilines is 1. The molecule has 1 atom stereocenters. The zero-order valence-electron chi connectivity index (χ0n) is 12.6. The third-order valence-electron chi connectivity index (χ3n) is 4.17. The Balaban J connectivity index is 1.80. The van der Waals surface area contributed by atoms with Crippen LogP contribution in [0.4, 0.5) is 5.69 Å². The van der Waals surface area contributed by atoms with Crippen LogP contribution in [0.25, 0.3) is 0 Å². The minimum atomic E-state index is -0.540. The van der Waals surface area contributed by atoms with Gasteiger partial charge in [-0.3, -0.25) is 9.59 Å². The SMILES string of the molecule is Cc1cccc(NC(=O)C2Cc3ccccc3C(=O)N2)c1C. The summed E-state index contributed by atoms with van der Waals surface area (Å²) in [5, 5.41) is 5.69. The van der Waals surface area contributed by atoms with Crippen LogP contribution in [-0.4, -0.2) is 17.9 Å². The van der Waals surface area contributed by atoms with Gasteiger partial charge in [-0.25, -0.2) is 0 Å². The maximum atomic E-state index is 12.5. The number of fused-ring (bicyclic) bond motifs is 1. The summed E-state index contributed by atoms with van der Waals surface area (Å²) in [4.78, 5) is 24.5. The van der Waals surface area contributed by atoms with Crippen LogP contribution in [0.5, 0.6) is 0 Å². The summed E-state index contributed by atoms with van der Waals surface area (Å²) >= 11 is 0. The summed E-state index contributed by atoms with van der Waals surface area (Å²) in [6.07, 6.45) is 0.513. The molecule has 0 fully saturated rings. The summed E-state index contributed by atoms with van der Waals surface area (Å²) < 4.78 is 0. The van der Waals surface area contributed by atoms with Crippen LogP contribution in [0.2, 0.25) is 0 Å². The molecule has 0 bridgehead atoms. The second-order valence-electron chi connectivity index (χ2n) is 5.62. The Morgan fingerprint density at radius 3 is 2.73 bits per heavy atom. The number of benzene rings is 2. The summed E-state index contributed by atoms with van der Waals surface area (Å²) in [7, 11) is 0. The third kappa shape index (κ3) is 2.60. The van der Waals surface area contributed by atoms with E-state index in [9.17, 15) is 9.59 Å². The summed E-state index contributed by atoms with van der Waals surface area (Å²) in [6, 6.07) is 12.6. The molecule has 4 nitrogen and oxygen atoms in total. The van der Waals surface area contributed by atoms with Crippen LogP contribution >= 0.6 is 0 Å². The second-order valence-corrected chi connectivity index (χ2v) is 5.62. The molecule has 3 rings (SSSR count). The minimum Gasteiger partial charge on any atom is -0.340 e. The highest BCUT2D eigenvalue weighted by molar-refractivity contribution is 6.04. The average molecular weight is 294 g/mol. The van der Waals surface area contributed by atoms with Crippen molar-refractivity contribution in [2.75, 3.05) is 5.32 Å². The van der Waals surface area contributed by atoms with Gasteiger partial charge in [-0.2, -0.15) is 0 Å². The van der Waals surface area contributed by atoms with Crippen molar-refractivity contribution >= 4 is 17.5 Å². The van der Waals surface area contributed by atoms with Crippen LogP contribution in [0.15, 0.2) is 42.5 Å². The first kappa shape index (κ1) is 14.3. The average Bonchev–Trinajstić information content (AvgIpc) is 2.52. The highest BCUT2D eigenvalue weighted by Gasteiger charge is 2.28. The van der Waals surface area contributed by atoms with Crippen molar-refractivity contribution in [1.82, 2.24) is 5.32 Å². The van der Waals surface area contributed by atoms with Gasteiger partial charge in [-0.05, 0) is 42.7 Å². The van der Waals surface area contributed by atoms with Gasteiger partial charge in [0.15, 0.2) is 0 Å². The first-order valence-electron chi connectivity index (χ1n) is 7.32. The van der Waals surface area contributed by atoms with E-state index in [-0.39, 0.29) is 11.8 Å². The number of amides is 2. The Morgan fingerprint density at radius 1 is 1.14 bits per heavy atom. The highest BCUT2D eigenvalue weighted by atomic mass is 16.2. The third-order valence-corrected chi connectivity index (χ3v) is 4.17. The van der Waals surface area contributed by atoms with Crippen molar-refractivity contribution in [3.05, 3.63) is 64.7 Å². The number of aryl methyl sites for hydroxylation is 1. The number of hydrogen-bond acceptors (Lipinski definition) is 2. The summed E-state index contributed by atoms with van der Waals surface area (Å²) in [6.45, 7) is 3.98. The van der Waals surface area contributed by atoms with Crippen molar-refractivity contribution < 1.29 is 9.59 Å². The van der Waals surface area contributed by atoms with Gasteiger partial charge < -0.3 is 10.6 Å². The van der Waals surface area contributed by atoms with Crippen LogP contribution < -0.4 is 10.6 Å². The van der Waals surface area contributed by atoms with Gasteiger partial charge in [0.05, 0.1) is 0 Å². The van der Waals surface area contributed by atoms with Gasteiger partial charge >= 0.3 is 0 Å². The van der Waals surface area contributed by atoms with Gasteiger partial charge in [-0.15, -0.1) is 0 Å². The van der Waals surface area contributed by atoms with E-state index in [1.807, 2.05) is 50.2 Å². The van der Waals surface area contributed by atoms with Gasteiger partial charge in [-0.1, -0.05) is 30.3 Å². The predicted molar refractivity (Wildman–Crippen MR) is 85.9 cm³/mol. The molecule has 2 aromatic rings. The quantitative estimate of drug-likeness (QED) is 0.894. The Hall–Kier alpha value is -2.62. The molecule has 2 N–H and O–H groups in total. The van der Waals surface area contributed by atoms with E-state index in [0.717, 1.165) is 22.4 Å². The van der Waals surface area contributed by atoms with Crippen molar-refractivity contribution in [2.45, 2.75) is 26.3 Å². The van der Waals surface area contributed by atoms with E-state index in [1.54, 1.807) is 6.07 Å². The zero-order valence-corrected chi connectivity index (χ0v) is 12.6. The lowest BCUT2D eigenvalue weighted by Crippen LogP contribution is -2.48. The largest absolute Gasteiger partial charge is 0.340 e. The van der Waals surface area contributed by atoms with Crippen LogP contribution in [0, 0.1) is 13.8 Å². The highest BCUT2D eigenvalue weighted by Crippen LogP contribution is 2.20.